The number of benzene rings is 1. The maximum Gasteiger partial charge on any atom is 0.129 e. The van der Waals surface area contributed by atoms with E-state index in [1.165, 1.54) is 23.8 Å². The lowest BCUT2D eigenvalue weighted by Crippen LogP contribution is -2.25. The van der Waals surface area contributed by atoms with Crippen LogP contribution in [0, 0.1) is 12.8 Å². The molecule has 1 N–H and O–H groups in total. The molecular formula is C17H24N2. The SMILES string of the molecule is CCC(CC)C(C)Nc1nc2ccccc2cc1C. The van der Waals surface area contributed by atoms with Crippen LogP contribution in [-0.4, -0.2) is 11.0 Å². The van der Waals surface area contributed by atoms with E-state index in [0.717, 1.165) is 11.3 Å². The zero-order chi connectivity index (χ0) is 13.8. The molecule has 0 radical (unpaired) electrons. The molecule has 1 unspecified atom stereocenters. The quantitative estimate of drug-likeness (QED) is 0.832. The third-order valence-corrected chi connectivity index (χ3v) is 4.03. The van der Waals surface area contributed by atoms with E-state index in [9.17, 15) is 0 Å². The van der Waals surface area contributed by atoms with Gasteiger partial charge in [-0.15, -0.1) is 0 Å². The normalized spacial score (nSPS) is 12.9. The fraction of sp³-hybridized carbons (Fsp3) is 0.471. The molecule has 0 amide bonds. The van der Waals surface area contributed by atoms with Gasteiger partial charge in [-0.2, -0.15) is 0 Å². The average molecular weight is 256 g/mol. The predicted octanol–water partition coefficient (Wildman–Crippen LogP) is 4.78. The van der Waals surface area contributed by atoms with E-state index in [1.54, 1.807) is 0 Å². The number of aromatic nitrogens is 1. The smallest absolute Gasteiger partial charge is 0.129 e. The van der Waals surface area contributed by atoms with Crippen molar-refractivity contribution in [2.24, 2.45) is 5.92 Å². The summed E-state index contributed by atoms with van der Waals surface area (Å²) in [7, 11) is 0. The summed E-state index contributed by atoms with van der Waals surface area (Å²) in [4.78, 5) is 4.75. The van der Waals surface area contributed by atoms with Gasteiger partial charge in [-0.1, -0.05) is 44.9 Å². The van der Waals surface area contributed by atoms with E-state index in [2.05, 4.69) is 57.3 Å². The summed E-state index contributed by atoms with van der Waals surface area (Å²) in [6.45, 7) is 8.90. The Hall–Kier alpha value is -1.57. The van der Waals surface area contributed by atoms with Gasteiger partial charge in [-0.05, 0) is 37.5 Å². The number of aryl methyl sites for hydroxylation is 1. The Morgan fingerprint density at radius 1 is 1.16 bits per heavy atom. The molecule has 102 valence electrons. The number of hydrogen-bond acceptors (Lipinski definition) is 2. The lowest BCUT2D eigenvalue weighted by molar-refractivity contribution is 0.437. The number of para-hydroxylation sites is 1. The Balaban J connectivity index is 2.27. The zero-order valence-electron chi connectivity index (χ0n) is 12.4. The standard InChI is InChI=1S/C17H24N2/c1-5-14(6-2)13(4)18-17-12(3)11-15-9-7-8-10-16(15)19-17/h7-11,13-14H,5-6H2,1-4H3,(H,18,19). The number of fused-ring (bicyclic) bond motifs is 1. The maximum atomic E-state index is 4.75. The lowest BCUT2D eigenvalue weighted by atomic mass is 9.95. The van der Waals surface area contributed by atoms with Crippen LogP contribution in [0.3, 0.4) is 0 Å². The highest BCUT2D eigenvalue weighted by Crippen LogP contribution is 2.22. The highest BCUT2D eigenvalue weighted by Gasteiger charge is 2.14. The second-order valence-electron chi connectivity index (χ2n) is 5.36. The minimum absolute atomic E-state index is 0.461. The summed E-state index contributed by atoms with van der Waals surface area (Å²) < 4.78 is 0. The summed E-state index contributed by atoms with van der Waals surface area (Å²) in [6.07, 6.45) is 2.41. The van der Waals surface area contributed by atoms with Crippen molar-refractivity contribution < 1.29 is 0 Å². The Kier molecular flexibility index (Phi) is 4.41. The van der Waals surface area contributed by atoms with E-state index in [1.807, 2.05) is 6.07 Å². The first-order chi connectivity index (χ1) is 9.15. The molecule has 0 aliphatic heterocycles. The molecular weight excluding hydrogens is 232 g/mol. The van der Waals surface area contributed by atoms with Crippen molar-refractivity contribution in [3.63, 3.8) is 0 Å². The van der Waals surface area contributed by atoms with Crippen LogP contribution in [0.1, 0.15) is 39.2 Å². The predicted molar refractivity (Wildman–Crippen MR) is 83.6 cm³/mol. The number of rotatable bonds is 5. The molecule has 1 aromatic carbocycles. The Bertz CT molecular complexity index is 544. The van der Waals surface area contributed by atoms with Gasteiger partial charge in [0.05, 0.1) is 5.52 Å². The molecule has 1 atom stereocenters. The molecule has 0 bridgehead atoms. The van der Waals surface area contributed by atoms with Crippen molar-refractivity contribution in [2.45, 2.75) is 46.6 Å². The first-order valence-corrected chi connectivity index (χ1v) is 7.28. The number of nitrogens with zero attached hydrogens (tertiary/aromatic N) is 1. The molecule has 2 heteroatoms. The lowest BCUT2D eigenvalue weighted by Gasteiger charge is -2.24. The topological polar surface area (TPSA) is 24.9 Å². The van der Waals surface area contributed by atoms with Crippen molar-refractivity contribution >= 4 is 16.7 Å². The summed E-state index contributed by atoms with van der Waals surface area (Å²) in [6, 6.07) is 11.0. The second kappa shape index (κ2) is 6.05. The Morgan fingerprint density at radius 2 is 1.84 bits per heavy atom. The average Bonchev–Trinajstić information content (AvgIpc) is 2.41. The van der Waals surface area contributed by atoms with E-state index >= 15 is 0 Å². The van der Waals surface area contributed by atoms with Crippen LogP contribution < -0.4 is 5.32 Å². The molecule has 19 heavy (non-hydrogen) atoms. The molecule has 2 nitrogen and oxygen atoms in total. The van der Waals surface area contributed by atoms with Gasteiger partial charge in [0.15, 0.2) is 0 Å². The van der Waals surface area contributed by atoms with Crippen LogP contribution in [-0.2, 0) is 0 Å². The van der Waals surface area contributed by atoms with Gasteiger partial charge in [-0.3, -0.25) is 0 Å². The fourth-order valence-corrected chi connectivity index (χ4v) is 2.70. The molecule has 2 rings (SSSR count). The highest BCUT2D eigenvalue weighted by atomic mass is 15.0. The third kappa shape index (κ3) is 3.06. The first-order valence-electron chi connectivity index (χ1n) is 7.28. The first kappa shape index (κ1) is 13.9. The molecule has 1 aromatic heterocycles. The number of nitrogens with one attached hydrogen (secondary N) is 1. The van der Waals surface area contributed by atoms with Crippen molar-refractivity contribution in [3.05, 3.63) is 35.9 Å². The summed E-state index contributed by atoms with van der Waals surface area (Å²) in [5.41, 5.74) is 2.28. The van der Waals surface area contributed by atoms with Gasteiger partial charge in [0.2, 0.25) is 0 Å². The van der Waals surface area contributed by atoms with Crippen molar-refractivity contribution in [3.8, 4) is 0 Å². The Labute approximate surface area is 116 Å². The van der Waals surface area contributed by atoms with Crippen LogP contribution in [0.15, 0.2) is 30.3 Å². The van der Waals surface area contributed by atoms with Gasteiger partial charge in [-0.25, -0.2) is 4.98 Å². The van der Waals surface area contributed by atoms with Gasteiger partial charge < -0.3 is 5.32 Å². The van der Waals surface area contributed by atoms with Crippen LogP contribution >= 0.6 is 0 Å². The monoisotopic (exact) mass is 256 g/mol. The molecule has 2 aromatic rings. The molecule has 0 fully saturated rings. The van der Waals surface area contributed by atoms with E-state index in [-0.39, 0.29) is 0 Å². The van der Waals surface area contributed by atoms with Gasteiger partial charge in [0.1, 0.15) is 5.82 Å². The molecule has 0 aliphatic carbocycles. The minimum atomic E-state index is 0.461. The van der Waals surface area contributed by atoms with Crippen LogP contribution in [0.2, 0.25) is 0 Å². The van der Waals surface area contributed by atoms with Crippen LogP contribution in [0.25, 0.3) is 10.9 Å². The van der Waals surface area contributed by atoms with E-state index in [4.69, 9.17) is 4.98 Å². The molecule has 0 spiro atoms. The second-order valence-corrected chi connectivity index (χ2v) is 5.36. The van der Waals surface area contributed by atoms with Crippen LogP contribution in [0.5, 0.6) is 0 Å². The number of anilines is 1. The van der Waals surface area contributed by atoms with Crippen molar-refractivity contribution in [1.82, 2.24) is 4.98 Å². The van der Waals surface area contributed by atoms with Crippen molar-refractivity contribution in [1.29, 1.82) is 0 Å². The number of hydrogen-bond donors (Lipinski definition) is 1. The highest BCUT2D eigenvalue weighted by molar-refractivity contribution is 5.81. The molecule has 0 saturated heterocycles. The zero-order valence-corrected chi connectivity index (χ0v) is 12.4. The summed E-state index contributed by atoms with van der Waals surface area (Å²) in [5, 5.41) is 4.80. The fourth-order valence-electron chi connectivity index (χ4n) is 2.70. The van der Waals surface area contributed by atoms with Crippen LogP contribution in [0.4, 0.5) is 5.82 Å². The van der Waals surface area contributed by atoms with E-state index < -0.39 is 0 Å². The Morgan fingerprint density at radius 3 is 2.53 bits per heavy atom. The molecule has 0 saturated carbocycles. The third-order valence-electron chi connectivity index (χ3n) is 4.03. The molecule has 1 heterocycles. The summed E-state index contributed by atoms with van der Waals surface area (Å²) in [5.74, 6) is 1.73. The van der Waals surface area contributed by atoms with E-state index in [0.29, 0.717) is 12.0 Å². The minimum Gasteiger partial charge on any atom is -0.367 e. The van der Waals surface area contributed by atoms with Gasteiger partial charge >= 0.3 is 0 Å². The maximum absolute atomic E-state index is 4.75. The largest absolute Gasteiger partial charge is 0.367 e. The molecule has 0 aliphatic rings. The van der Waals surface area contributed by atoms with Gasteiger partial charge in [0.25, 0.3) is 0 Å². The van der Waals surface area contributed by atoms with Gasteiger partial charge in [0, 0.05) is 11.4 Å². The summed E-state index contributed by atoms with van der Waals surface area (Å²) >= 11 is 0. The number of pyridine rings is 1. The van der Waals surface area contributed by atoms with Crippen molar-refractivity contribution in [2.75, 3.05) is 5.32 Å².